The van der Waals surface area contributed by atoms with Crippen LogP contribution in [0.5, 0.6) is 0 Å². The fraction of sp³-hybridized carbons (Fsp3) is 0.643. The monoisotopic (exact) mass is 277 g/mol. The Balaban J connectivity index is 2.16. The van der Waals surface area contributed by atoms with Crippen LogP contribution in [0.25, 0.3) is 0 Å². The number of nitrogen functional groups attached to an aromatic ring is 1. The van der Waals surface area contributed by atoms with E-state index < -0.39 is 0 Å². The number of carbonyl (C=O) groups is 1. The van der Waals surface area contributed by atoms with E-state index in [1.54, 1.807) is 6.20 Å². The first-order valence-electron chi connectivity index (χ1n) is 7.26. The van der Waals surface area contributed by atoms with Crippen LogP contribution in [0.2, 0.25) is 0 Å². The van der Waals surface area contributed by atoms with Crippen LogP contribution in [0, 0.1) is 0 Å². The van der Waals surface area contributed by atoms with Crippen LogP contribution in [0.1, 0.15) is 68.2 Å². The number of nitrogens with one attached hydrogen (secondary N) is 2. The van der Waals surface area contributed by atoms with Crippen LogP contribution in [0.4, 0.5) is 5.69 Å². The van der Waals surface area contributed by atoms with Crippen LogP contribution in [0.15, 0.2) is 6.20 Å². The Bertz CT molecular complexity index is 469. The summed E-state index contributed by atoms with van der Waals surface area (Å²) in [6, 6.07) is 0.249. The average Bonchev–Trinajstić information content (AvgIpc) is 2.47. The highest BCUT2D eigenvalue weighted by Gasteiger charge is 2.20. The summed E-state index contributed by atoms with van der Waals surface area (Å²) in [5.74, 6) is 6.09. The minimum absolute atomic E-state index is 0.169. The van der Waals surface area contributed by atoms with Gasteiger partial charge in [0.1, 0.15) is 5.82 Å². The molecule has 4 N–H and O–H groups in total. The summed E-state index contributed by atoms with van der Waals surface area (Å²) < 4.78 is 0. The summed E-state index contributed by atoms with van der Waals surface area (Å²) in [5, 5.41) is 3.05. The van der Waals surface area contributed by atoms with Gasteiger partial charge in [0.2, 0.25) is 0 Å². The molecule has 1 aromatic rings. The molecule has 0 unspecified atom stereocenters. The molecule has 2 rings (SSSR count). The van der Waals surface area contributed by atoms with Gasteiger partial charge < -0.3 is 10.7 Å². The Kier molecular flexibility index (Phi) is 4.89. The lowest BCUT2D eigenvalue weighted by Crippen LogP contribution is -2.37. The Labute approximate surface area is 119 Å². The van der Waals surface area contributed by atoms with Crippen LogP contribution >= 0.6 is 0 Å². The summed E-state index contributed by atoms with van der Waals surface area (Å²) >= 11 is 0. The maximum absolute atomic E-state index is 12.4. The van der Waals surface area contributed by atoms with E-state index >= 15 is 0 Å². The summed E-state index contributed by atoms with van der Waals surface area (Å²) in [7, 11) is 0. The molecule has 0 saturated heterocycles. The van der Waals surface area contributed by atoms with Crippen molar-refractivity contribution in [2.24, 2.45) is 5.84 Å². The maximum atomic E-state index is 12.4. The number of nitrogens with two attached hydrogens (primary N) is 1. The molecule has 0 spiro atoms. The largest absolute Gasteiger partial charge is 0.348 e. The molecule has 1 aliphatic rings. The molecule has 1 aromatic heterocycles. The topological polar surface area (TPSA) is 92.9 Å². The van der Waals surface area contributed by atoms with E-state index in [0.717, 1.165) is 12.8 Å². The van der Waals surface area contributed by atoms with Crippen molar-refractivity contribution in [2.45, 2.75) is 57.9 Å². The van der Waals surface area contributed by atoms with E-state index in [2.05, 4.69) is 20.7 Å². The number of hydrazine groups is 1. The fourth-order valence-electron chi connectivity index (χ4n) is 2.45. The quantitative estimate of drug-likeness (QED) is 0.578. The number of rotatable bonds is 4. The Morgan fingerprint density at radius 2 is 2.05 bits per heavy atom. The summed E-state index contributed by atoms with van der Waals surface area (Å²) in [5.41, 5.74) is 3.29. The Morgan fingerprint density at radius 1 is 1.35 bits per heavy atom. The highest BCUT2D eigenvalue weighted by atomic mass is 16.2. The molecule has 1 amide bonds. The van der Waals surface area contributed by atoms with E-state index in [1.165, 1.54) is 19.3 Å². The van der Waals surface area contributed by atoms with Crippen molar-refractivity contribution in [2.75, 3.05) is 5.43 Å². The van der Waals surface area contributed by atoms with Crippen LogP contribution in [0.3, 0.4) is 0 Å². The second-order valence-corrected chi connectivity index (χ2v) is 5.60. The van der Waals surface area contributed by atoms with Crippen molar-refractivity contribution >= 4 is 11.6 Å². The normalized spacial score (nSPS) is 16.2. The van der Waals surface area contributed by atoms with E-state index in [0.29, 0.717) is 17.2 Å². The van der Waals surface area contributed by atoms with Gasteiger partial charge in [-0.25, -0.2) is 9.97 Å². The lowest BCUT2D eigenvalue weighted by molar-refractivity contribution is 0.0923. The van der Waals surface area contributed by atoms with Crippen molar-refractivity contribution in [3.63, 3.8) is 0 Å². The van der Waals surface area contributed by atoms with Gasteiger partial charge in [-0.05, 0) is 12.8 Å². The Morgan fingerprint density at radius 3 is 2.65 bits per heavy atom. The highest BCUT2D eigenvalue weighted by molar-refractivity contribution is 5.97. The van der Waals surface area contributed by atoms with Gasteiger partial charge in [-0.3, -0.25) is 10.6 Å². The van der Waals surface area contributed by atoms with Crippen LogP contribution in [-0.4, -0.2) is 21.9 Å². The second-order valence-electron chi connectivity index (χ2n) is 5.60. The smallest absolute Gasteiger partial charge is 0.272 e. The molecule has 0 bridgehead atoms. The standard InChI is InChI=1S/C14H23N5O/c1-9(2)13-16-8-11(19-15)12(18-13)14(20)17-10-6-4-3-5-7-10/h8-10,19H,3-7,15H2,1-2H3,(H,17,20). The molecule has 1 heterocycles. The molecule has 0 radical (unpaired) electrons. The zero-order valence-electron chi connectivity index (χ0n) is 12.1. The van der Waals surface area contributed by atoms with Gasteiger partial charge >= 0.3 is 0 Å². The molecule has 0 aromatic carbocycles. The highest BCUT2D eigenvalue weighted by Crippen LogP contribution is 2.19. The van der Waals surface area contributed by atoms with Gasteiger partial charge in [-0.1, -0.05) is 33.1 Å². The van der Waals surface area contributed by atoms with E-state index in [4.69, 9.17) is 5.84 Å². The van der Waals surface area contributed by atoms with Crippen LogP contribution < -0.4 is 16.6 Å². The van der Waals surface area contributed by atoms with Gasteiger partial charge in [0, 0.05) is 12.0 Å². The Hall–Kier alpha value is -1.69. The fourth-order valence-corrected chi connectivity index (χ4v) is 2.45. The van der Waals surface area contributed by atoms with Crippen molar-refractivity contribution in [1.82, 2.24) is 15.3 Å². The number of aromatic nitrogens is 2. The molecule has 1 saturated carbocycles. The summed E-state index contributed by atoms with van der Waals surface area (Å²) in [6.45, 7) is 3.99. The first-order chi connectivity index (χ1) is 9.61. The zero-order valence-corrected chi connectivity index (χ0v) is 12.1. The number of amides is 1. The summed E-state index contributed by atoms with van der Waals surface area (Å²) in [4.78, 5) is 20.9. The minimum Gasteiger partial charge on any atom is -0.348 e. The number of hydrogen-bond donors (Lipinski definition) is 3. The second kappa shape index (κ2) is 6.65. The first-order valence-corrected chi connectivity index (χ1v) is 7.26. The zero-order chi connectivity index (χ0) is 14.5. The van der Waals surface area contributed by atoms with Gasteiger partial charge in [0.25, 0.3) is 5.91 Å². The molecular formula is C14H23N5O. The lowest BCUT2D eigenvalue weighted by Gasteiger charge is -2.23. The van der Waals surface area contributed by atoms with Gasteiger partial charge in [0.05, 0.1) is 11.9 Å². The molecule has 0 aliphatic heterocycles. The number of hydrogen-bond acceptors (Lipinski definition) is 5. The molecule has 6 nitrogen and oxygen atoms in total. The molecule has 110 valence electrons. The molecule has 6 heteroatoms. The predicted octanol–water partition coefficient (Wildman–Crippen LogP) is 1.95. The number of anilines is 1. The van der Waals surface area contributed by atoms with Gasteiger partial charge in [0.15, 0.2) is 5.69 Å². The van der Waals surface area contributed by atoms with E-state index in [-0.39, 0.29) is 17.9 Å². The SMILES string of the molecule is CC(C)c1ncc(NN)c(C(=O)NC2CCCCC2)n1. The molecular weight excluding hydrogens is 254 g/mol. The summed E-state index contributed by atoms with van der Waals surface area (Å²) in [6.07, 6.45) is 7.26. The minimum atomic E-state index is -0.172. The van der Waals surface area contributed by atoms with E-state index in [1.807, 2.05) is 13.8 Å². The van der Waals surface area contributed by atoms with Crippen molar-refractivity contribution < 1.29 is 4.79 Å². The lowest BCUT2D eigenvalue weighted by atomic mass is 9.95. The first kappa shape index (κ1) is 14.7. The number of nitrogens with zero attached hydrogens (tertiary/aromatic N) is 2. The third kappa shape index (κ3) is 3.45. The molecule has 1 aliphatic carbocycles. The van der Waals surface area contributed by atoms with Crippen molar-refractivity contribution in [3.05, 3.63) is 17.7 Å². The molecule has 20 heavy (non-hydrogen) atoms. The van der Waals surface area contributed by atoms with Crippen molar-refractivity contribution in [3.8, 4) is 0 Å². The average molecular weight is 277 g/mol. The third-order valence-electron chi connectivity index (χ3n) is 3.63. The maximum Gasteiger partial charge on any atom is 0.272 e. The van der Waals surface area contributed by atoms with Crippen LogP contribution in [-0.2, 0) is 0 Å². The third-order valence-corrected chi connectivity index (χ3v) is 3.63. The predicted molar refractivity (Wildman–Crippen MR) is 78.3 cm³/mol. The molecule has 1 fully saturated rings. The molecule has 0 atom stereocenters. The van der Waals surface area contributed by atoms with Crippen molar-refractivity contribution in [1.29, 1.82) is 0 Å². The number of carbonyl (C=O) groups excluding carboxylic acids is 1. The van der Waals surface area contributed by atoms with Gasteiger partial charge in [-0.2, -0.15) is 0 Å². The van der Waals surface area contributed by atoms with Gasteiger partial charge in [-0.15, -0.1) is 0 Å². The van der Waals surface area contributed by atoms with E-state index in [9.17, 15) is 4.79 Å².